The SMILES string of the molecule is Cn1ccc(CCNC(N)=NCC2CCC2)n1. The average molecular weight is 235 g/mol. The highest BCUT2D eigenvalue weighted by Gasteiger charge is 2.16. The molecular formula is C12H21N5. The Bertz CT molecular complexity index is 378. The summed E-state index contributed by atoms with van der Waals surface area (Å²) >= 11 is 0. The Hall–Kier alpha value is -1.52. The van der Waals surface area contributed by atoms with Crippen LogP contribution in [0.5, 0.6) is 0 Å². The Morgan fingerprint density at radius 1 is 1.65 bits per heavy atom. The smallest absolute Gasteiger partial charge is 0.188 e. The zero-order valence-electron chi connectivity index (χ0n) is 10.4. The zero-order chi connectivity index (χ0) is 12.1. The predicted octanol–water partition coefficient (Wildman–Crippen LogP) is 0.667. The maximum Gasteiger partial charge on any atom is 0.188 e. The van der Waals surface area contributed by atoms with Crippen LogP contribution in [0.15, 0.2) is 17.3 Å². The van der Waals surface area contributed by atoms with Gasteiger partial charge in [0.15, 0.2) is 5.96 Å². The molecule has 1 aliphatic carbocycles. The minimum Gasteiger partial charge on any atom is -0.370 e. The van der Waals surface area contributed by atoms with Crippen molar-refractivity contribution in [2.24, 2.45) is 23.7 Å². The molecule has 1 heterocycles. The highest BCUT2D eigenvalue weighted by Crippen LogP contribution is 2.26. The topological polar surface area (TPSA) is 68.2 Å². The first kappa shape index (κ1) is 12.0. The van der Waals surface area contributed by atoms with Crippen LogP contribution in [0.3, 0.4) is 0 Å². The molecule has 5 nitrogen and oxygen atoms in total. The second-order valence-electron chi connectivity index (χ2n) is 4.68. The molecule has 94 valence electrons. The lowest BCUT2D eigenvalue weighted by Gasteiger charge is -2.23. The molecule has 0 atom stereocenters. The number of aliphatic imine (C=N–C) groups is 1. The summed E-state index contributed by atoms with van der Waals surface area (Å²) in [5.41, 5.74) is 6.86. The Labute approximate surface area is 102 Å². The molecule has 5 heteroatoms. The van der Waals surface area contributed by atoms with Crippen LogP contribution in [0.25, 0.3) is 0 Å². The molecule has 0 saturated heterocycles. The summed E-state index contributed by atoms with van der Waals surface area (Å²) in [5.74, 6) is 1.33. The van der Waals surface area contributed by atoms with E-state index in [-0.39, 0.29) is 0 Å². The molecule has 1 saturated carbocycles. The number of rotatable bonds is 5. The van der Waals surface area contributed by atoms with Crippen LogP contribution in [0.4, 0.5) is 0 Å². The van der Waals surface area contributed by atoms with Gasteiger partial charge in [0.2, 0.25) is 0 Å². The van der Waals surface area contributed by atoms with Crippen molar-refractivity contribution in [2.45, 2.75) is 25.7 Å². The quantitative estimate of drug-likeness (QED) is 0.582. The molecule has 0 bridgehead atoms. The summed E-state index contributed by atoms with van der Waals surface area (Å²) in [6, 6.07) is 2.02. The molecule has 1 aliphatic rings. The minimum absolute atomic E-state index is 0.563. The first-order valence-corrected chi connectivity index (χ1v) is 6.26. The predicted molar refractivity (Wildman–Crippen MR) is 68.7 cm³/mol. The largest absolute Gasteiger partial charge is 0.370 e. The van der Waals surface area contributed by atoms with Gasteiger partial charge in [0.1, 0.15) is 0 Å². The molecule has 17 heavy (non-hydrogen) atoms. The van der Waals surface area contributed by atoms with Gasteiger partial charge in [-0.15, -0.1) is 0 Å². The van der Waals surface area contributed by atoms with Crippen molar-refractivity contribution >= 4 is 5.96 Å². The summed E-state index contributed by atoms with van der Waals surface area (Å²) in [5, 5.41) is 7.42. The number of nitrogens with one attached hydrogen (secondary N) is 1. The minimum atomic E-state index is 0.563. The standard InChI is InChI=1S/C12H21N5/c1-17-8-6-11(16-17)5-7-14-12(13)15-9-10-3-2-4-10/h6,8,10H,2-5,7,9H2,1H3,(H3,13,14,15). The number of aromatic nitrogens is 2. The molecule has 0 radical (unpaired) electrons. The summed E-state index contributed by atoms with van der Waals surface area (Å²) in [6.45, 7) is 1.67. The van der Waals surface area contributed by atoms with E-state index in [1.165, 1.54) is 19.3 Å². The van der Waals surface area contributed by atoms with E-state index >= 15 is 0 Å². The van der Waals surface area contributed by atoms with Crippen LogP contribution in [-0.4, -0.2) is 28.8 Å². The second-order valence-corrected chi connectivity index (χ2v) is 4.68. The molecule has 0 aromatic carbocycles. The summed E-state index contributed by atoms with van der Waals surface area (Å²) in [7, 11) is 1.92. The fourth-order valence-corrected chi connectivity index (χ4v) is 1.87. The lowest BCUT2D eigenvalue weighted by Crippen LogP contribution is -2.34. The number of hydrogen-bond donors (Lipinski definition) is 2. The molecule has 3 N–H and O–H groups in total. The summed E-state index contributed by atoms with van der Waals surface area (Å²) in [6.07, 6.45) is 6.80. The Morgan fingerprint density at radius 2 is 2.47 bits per heavy atom. The van der Waals surface area contributed by atoms with Gasteiger partial charge in [-0.1, -0.05) is 6.42 Å². The van der Waals surface area contributed by atoms with E-state index in [1.54, 1.807) is 0 Å². The number of guanidine groups is 1. The second kappa shape index (κ2) is 5.70. The Morgan fingerprint density at radius 3 is 3.06 bits per heavy atom. The lowest BCUT2D eigenvalue weighted by atomic mass is 9.86. The highest BCUT2D eigenvalue weighted by atomic mass is 15.2. The molecule has 0 spiro atoms. The van der Waals surface area contributed by atoms with Gasteiger partial charge in [-0.3, -0.25) is 9.67 Å². The van der Waals surface area contributed by atoms with Crippen molar-refractivity contribution in [2.75, 3.05) is 13.1 Å². The van der Waals surface area contributed by atoms with Crippen LogP contribution >= 0.6 is 0 Å². The van der Waals surface area contributed by atoms with Gasteiger partial charge < -0.3 is 11.1 Å². The van der Waals surface area contributed by atoms with Crippen molar-refractivity contribution in [3.63, 3.8) is 0 Å². The van der Waals surface area contributed by atoms with E-state index in [0.717, 1.165) is 31.1 Å². The number of hydrogen-bond acceptors (Lipinski definition) is 2. The van der Waals surface area contributed by atoms with Crippen LogP contribution in [0.1, 0.15) is 25.0 Å². The molecular weight excluding hydrogens is 214 g/mol. The summed E-state index contributed by atoms with van der Waals surface area (Å²) in [4.78, 5) is 4.34. The molecule has 0 amide bonds. The van der Waals surface area contributed by atoms with Gasteiger partial charge in [-0.2, -0.15) is 5.10 Å². The molecule has 1 fully saturated rings. The highest BCUT2D eigenvalue weighted by molar-refractivity contribution is 5.77. The van der Waals surface area contributed by atoms with E-state index in [1.807, 2.05) is 24.0 Å². The van der Waals surface area contributed by atoms with Gasteiger partial charge in [0.25, 0.3) is 0 Å². The fourth-order valence-electron chi connectivity index (χ4n) is 1.87. The van der Waals surface area contributed by atoms with E-state index < -0.39 is 0 Å². The van der Waals surface area contributed by atoms with Crippen LogP contribution < -0.4 is 11.1 Å². The zero-order valence-corrected chi connectivity index (χ0v) is 10.4. The monoisotopic (exact) mass is 235 g/mol. The van der Waals surface area contributed by atoms with E-state index in [4.69, 9.17) is 5.73 Å². The van der Waals surface area contributed by atoms with E-state index in [2.05, 4.69) is 15.4 Å². The molecule has 2 rings (SSSR count). The fraction of sp³-hybridized carbons (Fsp3) is 0.667. The van der Waals surface area contributed by atoms with E-state index in [9.17, 15) is 0 Å². The van der Waals surface area contributed by atoms with E-state index in [0.29, 0.717) is 5.96 Å². The third-order valence-electron chi connectivity index (χ3n) is 3.20. The third-order valence-corrected chi connectivity index (χ3v) is 3.20. The van der Waals surface area contributed by atoms with Gasteiger partial charge in [0.05, 0.1) is 5.69 Å². The molecule has 0 unspecified atom stereocenters. The van der Waals surface area contributed by atoms with Crippen LogP contribution in [0, 0.1) is 5.92 Å². The van der Waals surface area contributed by atoms with Crippen molar-refractivity contribution < 1.29 is 0 Å². The van der Waals surface area contributed by atoms with Gasteiger partial charge in [0, 0.05) is 32.8 Å². The van der Waals surface area contributed by atoms with Crippen molar-refractivity contribution in [1.29, 1.82) is 0 Å². The van der Waals surface area contributed by atoms with Crippen molar-refractivity contribution in [3.05, 3.63) is 18.0 Å². The number of aryl methyl sites for hydroxylation is 1. The Kier molecular flexibility index (Phi) is 4.01. The first-order chi connectivity index (χ1) is 8.24. The van der Waals surface area contributed by atoms with Crippen LogP contribution in [-0.2, 0) is 13.5 Å². The summed E-state index contributed by atoms with van der Waals surface area (Å²) < 4.78 is 1.81. The Balaban J connectivity index is 1.63. The molecule has 1 aromatic rings. The maximum absolute atomic E-state index is 5.78. The first-order valence-electron chi connectivity index (χ1n) is 6.26. The lowest BCUT2D eigenvalue weighted by molar-refractivity contribution is 0.326. The average Bonchev–Trinajstić information content (AvgIpc) is 2.62. The maximum atomic E-state index is 5.78. The van der Waals surface area contributed by atoms with Gasteiger partial charge in [-0.25, -0.2) is 0 Å². The molecule has 0 aliphatic heterocycles. The van der Waals surface area contributed by atoms with Gasteiger partial charge >= 0.3 is 0 Å². The molecule has 1 aromatic heterocycles. The van der Waals surface area contributed by atoms with Crippen molar-refractivity contribution in [1.82, 2.24) is 15.1 Å². The van der Waals surface area contributed by atoms with Crippen molar-refractivity contribution in [3.8, 4) is 0 Å². The van der Waals surface area contributed by atoms with Crippen LogP contribution in [0.2, 0.25) is 0 Å². The van der Waals surface area contributed by atoms with Gasteiger partial charge in [-0.05, 0) is 24.8 Å². The number of nitrogens with two attached hydrogens (primary N) is 1. The normalized spacial score (nSPS) is 16.9. The third kappa shape index (κ3) is 3.76. The number of nitrogens with zero attached hydrogens (tertiary/aromatic N) is 3.